The standard InChI is InChI=1S/C42H26N3S/c1-4-14-34-28(10-1)29-11-2-5-15-35(29)43(34)26-20-22-27(23-21-26)44-36-16-6-7-17-37(36)45-39-24-33-30-12-3-8-19-40(30)46-41(33)25-32(39)31-13-9-18-38(44)42(31)45/h1-25,37H/q+1. The van der Waals surface area contributed by atoms with Gasteiger partial charge in [0.25, 0.3) is 0 Å². The molecule has 0 saturated heterocycles. The van der Waals surface area contributed by atoms with Crippen LogP contribution in [-0.2, 0) is 0 Å². The molecule has 1 aliphatic carbocycles. The lowest BCUT2D eigenvalue weighted by Gasteiger charge is -2.24. The molecule has 46 heavy (non-hydrogen) atoms. The molecule has 0 fully saturated rings. The minimum atomic E-state index is 0.0965. The van der Waals surface area contributed by atoms with E-state index in [0.717, 1.165) is 0 Å². The highest BCUT2D eigenvalue weighted by Crippen LogP contribution is 2.46. The summed E-state index contributed by atoms with van der Waals surface area (Å²) in [7, 11) is 0. The third-order valence-corrected chi connectivity index (χ3v) is 11.1. The molecule has 1 aliphatic heterocycles. The summed E-state index contributed by atoms with van der Waals surface area (Å²) in [6, 6.07) is 47.1. The van der Waals surface area contributed by atoms with Gasteiger partial charge in [0, 0.05) is 71.7 Å². The Morgan fingerprint density at radius 2 is 1.26 bits per heavy atom. The zero-order valence-electron chi connectivity index (χ0n) is 24.8. The van der Waals surface area contributed by atoms with Crippen LogP contribution in [-0.4, -0.2) is 14.8 Å². The Balaban J connectivity index is 1.15. The van der Waals surface area contributed by atoms with E-state index in [0.29, 0.717) is 0 Å². The van der Waals surface area contributed by atoms with E-state index in [-0.39, 0.29) is 6.04 Å². The first kappa shape index (κ1) is 24.6. The van der Waals surface area contributed by atoms with Crippen LogP contribution in [0.4, 0.5) is 11.4 Å². The van der Waals surface area contributed by atoms with E-state index in [4.69, 9.17) is 0 Å². The Bertz CT molecular complexity index is 2800. The van der Waals surface area contributed by atoms with Crippen molar-refractivity contribution in [1.29, 1.82) is 0 Å². The van der Waals surface area contributed by atoms with Crippen LogP contribution in [0.15, 0.2) is 152 Å². The molecule has 0 amide bonds. The summed E-state index contributed by atoms with van der Waals surface area (Å²) in [4.78, 5) is 0. The predicted molar refractivity (Wildman–Crippen MR) is 197 cm³/mol. The van der Waals surface area contributed by atoms with Crippen molar-refractivity contribution in [3.8, 4) is 5.69 Å². The molecule has 11 rings (SSSR count). The molecule has 4 heterocycles. The van der Waals surface area contributed by atoms with Crippen molar-refractivity contribution in [2.45, 2.75) is 6.04 Å². The number of benzene rings is 6. The number of thiophene rings is 1. The number of para-hydroxylation sites is 3. The molecule has 214 valence electrons. The molecule has 6 aromatic carbocycles. The summed E-state index contributed by atoms with van der Waals surface area (Å²) in [5.74, 6) is 0. The van der Waals surface area contributed by atoms with Crippen LogP contribution in [0.25, 0.3) is 69.5 Å². The topological polar surface area (TPSA) is 12.9 Å². The number of hydrogen-bond donors (Lipinski definition) is 0. The Morgan fingerprint density at radius 3 is 2.07 bits per heavy atom. The second-order valence-corrected chi connectivity index (χ2v) is 13.4. The fourth-order valence-electron chi connectivity index (χ4n) is 8.09. The Labute approximate surface area is 268 Å². The van der Waals surface area contributed by atoms with Gasteiger partial charge in [-0.25, -0.2) is 0 Å². The summed E-state index contributed by atoms with van der Waals surface area (Å²) in [6.45, 7) is 0. The molecular weight excluding hydrogens is 579 g/mol. The van der Waals surface area contributed by atoms with Crippen LogP contribution in [0.3, 0.4) is 0 Å². The highest BCUT2D eigenvalue weighted by atomic mass is 32.1. The van der Waals surface area contributed by atoms with Gasteiger partial charge in [0.1, 0.15) is 11.6 Å². The molecule has 0 bridgehead atoms. The van der Waals surface area contributed by atoms with Crippen LogP contribution < -0.4 is 4.58 Å². The molecule has 0 spiro atoms. The third-order valence-electron chi connectivity index (χ3n) is 10.00. The van der Waals surface area contributed by atoms with Crippen molar-refractivity contribution < 1.29 is 0 Å². The lowest BCUT2D eigenvalue weighted by atomic mass is 10.0. The largest absolute Gasteiger partial charge is 0.318 e. The van der Waals surface area contributed by atoms with Gasteiger partial charge in [-0.05, 0) is 42.5 Å². The maximum atomic E-state index is 2.57. The normalized spacial score (nSPS) is 15.8. The van der Waals surface area contributed by atoms with Crippen molar-refractivity contribution in [2.24, 2.45) is 0 Å². The van der Waals surface area contributed by atoms with Crippen molar-refractivity contribution in [1.82, 2.24) is 13.7 Å². The highest BCUT2D eigenvalue weighted by Gasteiger charge is 2.37. The zero-order chi connectivity index (χ0) is 29.9. The molecule has 4 heteroatoms. The minimum Gasteiger partial charge on any atom is -0.318 e. The number of aromatic nitrogens is 2. The van der Waals surface area contributed by atoms with Crippen molar-refractivity contribution in [3.05, 3.63) is 152 Å². The van der Waals surface area contributed by atoms with Crippen molar-refractivity contribution in [3.63, 3.8) is 0 Å². The molecule has 9 aromatic rings. The summed E-state index contributed by atoms with van der Waals surface area (Å²) in [5, 5.41) is 7.87. The maximum absolute atomic E-state index is 2.57. The average Bonchev–Trinajstić information content (AvgIpc) is 3.76. The first-order valence-electron chi connectivity index (χ1n) is 15.8. The van der Waals surface area contributed by atoms with Gasteiger partial charge in [-0.15, -0.1) is 11.3 Å². The van der Waals surface area contributed by atoms with E-state index in [9.17, 15) is 0 Å². The molecular formula is C42H26N3S+. The third kappa shape index (κ3) is 3.14. The van der Waals surface area contributed by atoms with Crippen LogP contribution >= 0.6 is 11.3 Å². The summed E-state index contributed by atoms with van der Waals surface area (Å²) >= 11 is 1.89. The van der Waals surface area contributed by atoms with Gasteiger partial charge >= 0.3 is 0 Å². The smallest absolute Gasteiger partial charge is 0.235 e. The summed E-state index contributed by atoms with van der Waals surface area (Å²) in [6.07, 6.45) is 9.01. The molecule has 1 unspecified atom stereocenters. The molecule has 0 N–H and O–H groups in total. The van der Waals surface area contributed by atoms with E-state index in [1.54, 1.807) is 0 Å². The van der Waals surface area contributed by atoms with Gasteiger partial charge in [0.05, 0.1) is 16.6 Å². The molecule has 0 radical (unpaired) electrons. The Morgan fingerprint density at radius 1 is 0.543 bits per heavy atom. The molecule has 3 nitrogen and oxygen atoms in total. The number of fused-ring (bicyclic) bond motifs is 11. The molecule has 3 aromatic heterocycles. The van der Waals surface area contributed by atoms with Crippen LogP contribution in [0.2, 0.25) is 0 Å². The zero-order valence-corrected chi connectivity index (χ0v) is 25.6. The van der Waals surface area contributed by atoms with Crippen LogP contribution in [0.5, 0.6) is 0 Å². The second-order valence-electron chi connectivity index (χ2n) is 12.3. The van der Waals surface area contributed by atoms with E-state index in [1.165, 1.54) is 86.6 Å². The lowest BCUT2D eigenvalue weighted by molar-refractivity contribution is 0.781. The molecule has 2 aliphatic rings. The van der Waals surface area contributed by atoms with Crippen molar-refractivity contribution >= 4 is 92.2 Å². The first-order valence-corrected chi connectivity index (χ1v) is 16.6. The number of rotatable bonds is 2. The number of hydrogen-bond acceptors (Lipinski definition) is 1. The van der Waals surface area contributed by atoms with E-state index in [2.05, 4.69) is 165 Å². The highest BCUT2D eigenvalue weighted by molar-refractivity contribution is 7.25. The van der Waals surface area contributed by atoms with Gasteiger partial charge in [0.15, 0.2) is 0 Å². The van der Waals surface area contributed by atoms with Crippen LogP contribution in [0.1, 0.15) is 6.04 Å². The fraction of sp³-hybridized carbons (Fsp3) is 0.0238. The van der Waals surface area contributed by atoms with Gasteiger partial charge in [-0.3, -0.25) is 0 Å². The van der Waals surface area contributed by atoms with E-state index in [1.807, 2.05) is 11.3 Å². The quantitative estimate of drug-likeness (QED) is 0.174. The summed E-state index contributed by atoms with van der Waals surface area (Å²) in [5.41, 5.74) is 9.86. The van der Waals surface area contributed by atoms with Gasteiger partial charge < -0.3 is 9.13 Å². The number of nitrogens with zero attached hydrogens (tertiary/aromatic N) is 3. The molecule has 0 saturated carbocycles. The van der Waals surface area contributed by atoms with E-state index >= 15 is 0 Å². The van der Waals surface area contributed by atoms with Crippen LogP contribution in [0, 0.1) is 0 Å². The monoisotopic (exact) mass is 604 g/mol. The van der Waals surface area contributed by atoms with Crippen molar-refractivity contribution in [2.75, 3.05) is 0 Å². The van der Waals surface area contributed by atoms with Gasteiger partial charge in [-0.1, -0.05) is 85.0 Å². The minimum absolute atomic E-state index is 0.0965. The predicted octanol–water partition coefficient (Wildman–Crippen LogP) is 11.2. The number of allylic oxidation sites excluding steroid dienone is 4. The SMILES string of the molecule is C1=CC2=[N+](c3ccc(-n4c5ccccc5c5ccccc54)cc3)c3cccc4c5cc6sc7ccccc7c6cc5n(c34)C2C=C1. The fourth-order valence-corrected chi connectivity index (χ4v) is 9.22. The molecule has 1 atom stereocenters. The van der Waals surface area contributed by atoms with E-state index < -0.39 is 0 Å². The Hall–Kier alpha value is -5.71. The summed E-state index contributed by atoms with van der Waals surface area (Å²) < 4.78 is 10.1. The lowest BCUT2D eigenvalue weighted by Crippen LogP contribution is -2.30. The first-order chi connectivity index (χ1) is 22.8. The van der Waals surface area contributed by atoms with Gasteiger partial charge in [0.2, 0.25) is 17.1 Å². The maximum Gasteiger partial charge on any atom is 0.235 e. The Kier molecular flexibility index (Phi) is 4.78. The van der Waals surface area contributed by atoms with Gasteiger partial charge in [-0.2, -0.15) is 4.58 Å². The average molecular weight is 605 g/mol. The second kappa shape index (κ2) is 8.94.